The third-order valence-corrected chi connectivity index (χ3v) is 3.78. The second-order valence-corrected chi connectivity index (χ2v) is 4.85. The molecular weight excluding hydrogens is 218 g/mol. The van der Waals surface area contributed by atoms with Crippen molar-refractivity contribution in [2.24, 2.45) is 0 Å². The predicted molar refractivity (Wildman–Crippen MR) is 62.5 cm³/mol. The van der Waals surface area contributed by atoms with E-state index in [0.29, 0.717) is 5.88 Å². The van der Waals surface area contributed by atoms with Crippen molar-refractivity contribution in [3.05, 3.63) is 5.82 Å². The van der Waals surface area contributed by atoms with Gasteiger partial charge in [0.25, 0.3) is 0 Å². The van der Waals surface area contributed by atoms with Crippen LogP contribution >= 0.6 is 23.1 Å². The molecule has 0 bridgehead atoms. The van der Waals surface area contributed by atoms with E-state index >= 15 is 0 Å². The molecule has 0 aliphatic carbocycles. The fourth-order valence-electron chi connectivity index (χ4n) is 0.873. The van der Waals surface area contributed by atoms with E-state index in [1.54, 1.807) is 0 Å². The third kappa shape index (κ3) is 2.36. The van der Waals surface area contributed by atoms with Gasteiger partial charge in [-0.3, -0.25) is 0 Å². The molecule has 5 heteroatoms. The van der Waals surface area contributed by atoms with Gasteiger partial charge in [-0.25, -0.2) is 4.98 Å². The SMILES string of the molecule is CCc1nsc(N(C)C(C)(C)CCl)n1. The highest BCUT2D eigenvalue weighted by atomic mass is 35.5. The van der Waals surface area contributed by atoms with Gasteiger partial charge in [0.2, 0.25) is 5.13 Å². The van der Waals surface area contributed by atoms with Crippen LogP contribution in [-0.2, 0) is 6.42 Å². The first kappa shape index (κ1) is 11.7. The minimum Gasteiger partial charge on any atom is -0.344 e. The summed E-state index contributed by atoms with van der Waals surface area (Å²) in [5.74, 6) is 1.48. The van der Waals surface area contributed by atoms with Gasteiger partial charge in [-0.1, -0.05) is 6.92 Å². The van der Waals surface area contributed by atoms with Crippen molar-refractivity contribution in [3.8, 4) is 0 Å². The minimum atomic E-state index is -0.0773. The number of alkyl halides is 1. The molecule has 0 fully saturated rings. The van der Waals surface area contributed by atoms with E-state index in [4.69, 9.17) is 11.6 Å². The molecule has 1 aromatic heterocycles. The van der Waals surface area contributed by atoms with Crippen molar-refractivity contribution in [2.75, 3.05) is 17.8 Å². The van der Waals surface area contributed by atoms with Gasteiger partial charge in [0.15, 0.2) is 0 Å². The smallest absolute Gasteiger partial charge is 0.205 e. The number of hydrogen-bond donors (Lipinski definition) is 0. The Labute approximate surface area is 94.3 Å². The average Bonchev–Trinajstić information content (AvgIpc) is 2.64. The summed E-state index contributed by atoms with van der Waals surface area (Å²) in [5.41, 5.74) is -0.0773. The first-order chi connectivity index (χ1) is 6.51. The number of anilines is 1. The van der Waals surface area contributed by atoms with E-state index in [1.807, 2.05) is 7.05 Å². The summed E-state index contributed by atoms with van der Waals surface area (Å²) < 4.78 is 4.25. The van der Waals surface area contributed by atoms with E-state index < -0.39 is 0 Å². The molecular formula is C9H16ClN3S. The molecule has 1 aromatic rings. The Morgan fingerprint density at radius 2 is 2.14 bits per heavy atom. The van der Waals surface area contributed by atoms with Gasteiger partial charge >= 0.3 is 0 Å². The second kappa shape index (κ2) is 4.45. The maximum Gasteiger partial charge on any atom is 0.205 e. The Hall–Kier alpha value is -0.350. The van der Waals surface area contributed by atoms with Crippen LogP contribution in [0.25, 0.3) is 0 Å². The molecule has 0 amide bonds. The summed E-state index contributed by atoms with van der Waals surface area (Å²) in [5, 5.41) is 0.938. The fourth-order valence-corrected chi connectivity index (χ4v) is 1.93. The molecule has 0 spiro atoms. The molecule has 1 rings (SSSR count). The lowest BCUT2D eigenvalue weighted by molar-refractivity contribution is 0.544. The maximum atomic E-state index is 5.89. The van der Waals surface area contributed by atoms with Crippen LogP contribution < -0.4 is 4.90 Å². The third-order valence-electron chi connectivity index (χ3n) is 2.30. The number of hydrogen-bond acceptors (Lipinski definition) is 4. The molecule has 3 nitrogen and oxygen atoms in total. The van der Waals surface area contributed by atoms with Crippen LogP contribution in [0.1, 0.15) is 26.6 Å². The highest BCUT2D eigenvalue weighted by molar-refractivity contribution is 7.09. The Morgan fingerprint density at radius 3 is 2.57 bits per heavy atom. The molecule has 0 aliphatic rings. The van der Waals surface area contributed by atoms with Gasteiger partial charge in [0.1, 0.15) is 5.82 Å². The summed E-state index contributed by atoms with van der Waals surface area (Å²) in [4.78, 5) is 6.50. The highest BCUT2D eigenvalue weighted by Gasteiger charge is 2.25. The standard InChI is InChI=1S/C9H16ClN3S/c1-5-7-11-8(14-12-7)13(4)9(2,3)6-10/h5-6H2,1-4H3. The Morgan fingerprint density at radius 1 is 1.50 bits per heavy atom. The number of aryl methyl sites for hydroxylation is 1. The summed E-state index contributed by atoms with van der Waals surface area (Å²) >= 11 is 7.32. The van der Waals surface area contributed by atoms with E-state index in [1.165, 1.54) is 11.5 Å². The first-order valence-electron chi connectivity index (χ1n) is 4.63. The summed E-state index contributed by atoms with van der Waals surface area (Å²) in [6, 6.07) is 0. The zero-order valence-corrected chi connectivity index (χ0v) is 10.6. The van der Waals surface area contributed by atoms with Gasteiger partial charge < -0.3 is 4.90 Å². The lowest BCUT2D eigenvalue weighted by atomic mass is 10.1. The number of rotatable bonds is 4. The number of halogens is 1. The largest absolute Gasteiger partial charge is 0.344 e. The normalized spacial score (nSPS) is 11.8. The zero-order valence-electron chi connectivity index (χ0n) is 9.04. The lowest BCUT2D eigenvalue weighted by Crippen LogP contribution is -2.42. The first-order valence-corrected chi connectivity index (χ1v) is 5.94. The van der Waals surface area contributed by atoms with Crippen LogP contribution in [-0.4, -0.2) is 27.8 Å². The average molecular weight is 234 g/mol. The molecule has 0 unspecified atom stereocenters. The molecule has 0 saturated heterocycles. The fraction of sp³-hybridized carbons (Fsp3) is 0.778. The quantitative estimate of drug-likeness (QED) is 0.749. The van der Waals surface area contributed by atoms with Crippen LogP contribution in [0.5, 0.6) is 0 Å². The van der Waals surface area contributed by atoms with Crippen molar-refractivity contribution in [2.45, 2.75) is 32.7 Å². The molecule has 0 aromatic carbocycles. The molecule has 80 valence electrons. The summed E-state index contributed by atoms with van der Waals surface area (Å²) in [6.07, 6.45) is 0.881. The predicted octanol–water partition coefficient (Wildman–Crippen LogP) is 2.55. The Kier molecular flexibility index (Phi) is 3.72. The van der Waals surface area contributed by atoms with E-state index in [2.05, 4.69) is 35.0 Å². The van der Waals surface area contributed by atoms with E-state index in [9.17, 15) is 0 Å². The molecule has 0 aliphatic heterocycles. The van der Waals surface area contributed by atoms with Crippen molar-refractivity contribution < 1.29 is 0 Å². The summed E-state index contributed by atoms with van der Waals surface area (Å²) in [6.45, 7) is 6.23. The monoisotopic (exact) mass is 233 g/mol. The van der Waals surface area contributed by atoms with Crippen LogP contribution in [0.15, 0.2) is 0 Å². The number of aromatic nitrogens is 2. The van der Waals surface area contributed by atoms with E-state index in [-0.39, 0.29) is 5.54 Å². The van der Waals surface area contributed by atoms with Crippen molar-refractivity contribution in [1.29, 1.82) is 0 Å². The second-order valence-electron chi connectivity index (χ2n) is 3.85. The van der Waals surface area contributed by atoms with Crippen LogP contribution in [0.4, 0.5) is 5.13 Å². The van der Waals surface area contributed by atoms with Crippen LogP contribution in [0, 0.1) is 0 Å². The zero-order chi connectivity index (χ0) is 10.8. The van der Waals surface area contributed by atoms with E-state index in [0.717, 1.165) is 17.4 Å². The Balaban J connectivity index is 2.83. The van der Waals surface area contributed by atoms with Gasteiger partial charge in [-0.2, -0.15) is 4.37 Å². The molecule has 14 heavy (non-hydrogen) atoms. The van der Waals surface area contributed by atoms with Crippen LogP contribution in [0.3, 0.4) is 0 Å². The highest BCUT2D eigenvalue weighted by Crippen LogP contribution is 2.24. The van der Waals surface area contributed by atoms with Gasteiger partial charge in [0, 0.05) is 36.4 Å². The molecule has 0 saturated carbocycles. The molecule has 0 N–H and O–H groups in total. The molecule has 1 heterocycles. The topological polar surface area (TPSA) is 29.0 Å². The molecule has 0 radical (unpaired) electrons. The van der Waals surface area contributed by atoms with Crippen LogP contribution in [0.2, 0.25) is 0 Å². The van der Waals surface area contributed by atoms with Crippen molar-refractivity contribution in [3.63, 3.8) is 0 Å². The number of nitrogens with zero attached hydrogens (tertiary/aromatic N) is 3. The summed E-state index contributed by atoms with van der Waals surface area (Å²) in [7, 11) is 2.00. The minimum absolute atomic E-state index is 0.0773. The van der Waals surface area contributed by atoms with Gasteiger partial charge in [-0.15, -0.1) is 11.6 Å². The van der Waals surface area contributed by atoms with Crippen molar-refractivity contribution >= 4 is 28.3 Å². The van der Waals surface area contributed by atoms with Gasteiger partial charge in [-0.05, 0) is 13.8 Å². The van der Waals surface area contributed by atoms with Gasteiger partial charge in [0.05, 0.1) is 0 Å². The molecule has 0 atom stereocenters. The Bertz CT molecular complexity index is 298. The van der Waals surface area contributed by atoms with Crippen molar-refractivity contribution in [1.82, 2.24) is 9.36 Å². The maximum absolute atomic E-state index is 5.89. The lowest BCUT2D eigenvalue weighted by Gasteiger charge is -2.33.